The highest BCUT2D eigenvalue weighted by atomic mass is 16.5. The van der Waals surface area contributed by atoms with Crippen LogP contribution in [0.2, 0.25) is 0 Å². The number of nitrogens with zero attached hydrogens (tertiary/aromatic N) is 3. The molecule has 0 bridgehead atoms. The highest BCUT2D eigenvalue weighted by molar-refractivity contribution is 5.71. The zero-order chi connectivity index (χ0) is 18.5. The summed E-state index contributed by atoms with van der Waals surface area (Å²) in [5, 5.41) is 17.1. The first-order valence-corrected chi connectivity index (χ1v) is 8.27. The Labute approximate surface area is 150 Å². The van der Waals surface area contributed by atoms with Crippen LogP contribution in [0.5, 0.6) is 5.75 Å². The molecule has 26 heavy (non-hydrogen) atoms. The third-order valence-corrected chi connectivity index (χ3v) is 3.88. The van der Waals surface area contributed by atoms with Gasteiger partial charge >= 0.3 is 5.97 Å². The van der Waals surface area contributed by atoms with Crippen molar-refractivity contribution in [2.24, 2.45) is 0 Å². The number of carboxylic acids is 1. The fraction of sp³-hybridized carbons (Fsp3) is 0.263. The number of aliphatic carboxylic acids is 1. The molecule has 7 heteroatoms. The molecule has 0 aliphatic carbocycles. The van der Waals surface area contributed by atoms with Gasteiger partial charge in [-0.3, -0.25) is 9.78 Å². The first kappa shape index (κ1) is 17.6. The van der Waals surface area contributed by atoms with Gasteiger partial charge in [0.1, 0.15) is 5.75 Å². The number of carbonyl (C=O) groups is 1. The van der Waals surface area contributed by atoms with Gasteiger partial charge in [0.15, 0.2) is 0 Å². The van der Waals surface area contributed by atoms with Crippen LogP contribution in [0.1, 0.15) is 36.6 Å². The van der Waals surface area contributed by atoms with E-state index in [-0.39, 0.29) is 12.3 Å². The molecule has 7 nitrogen and oxygen atoms in total. The van der Waals surface area contributed by atoms with Gasteiger partial charge in [0.05, 0.1) is 18.9 Å². The second-order valence-corrected chi connectivity index (χ2v) is 5.75. The maximum absolute atomic E-state index is 11.3. The van der Waals surface area contributed by atoms with E-state index >= 15 is 0 Å². The lowest BCUT2D eigenvalue weighted by Gasteiger charge is -2.14. The Morgan fingerprint density at radius 3 is 2.77 bits per heavy atom. The van der Waals surface area contributed by atoms with Crippen LogP contribution in [0.15, 0.2) is 47.1 Å². The third kappa shape index (κ3) is 3.88. The Morgan fingerprint density at radius 2 is 2.08 bits per heavy atom. The summed E-state index contributed by atoms with van der Waals surface area (Å²) in [5.41, 5.74) is 2.41. The van der Waals surface area contributed by atoms with Gasteiger partial charge < -0.3 is 14.3 Å². The largest absolute Gasteiger partial charge is 0.493 e. The van der Waals surface area contributed by atoms with Gasteiger partial charge in [0.2, 0.25) is 11.8 Å². The fourth-order valence-electron chi connectivity index (χ4n) is 2.76. The lowest BCUT2D eigenvalue weighted by molar-refractivity contribution is -0.137. The molecule has 3 aromatic rings. The number of ether oxygens (including phenoxy) is 1. The van der Waals surface area contributed by atoms with E-state index in [9.17, 15) is 9.90 Å². The number of pyridine rings is 1. The first-order valence-electron chi connectivity index (χ1n) is 8.27. The predicted octanol–water partition coefficient (Wildman–Crippen LogP) is 3.45. The molecular formula is C19H19N3O4. The molecule has 0 amide bonds. The summed E-state index contributed by atoms with van der Waals surface area (Å²) in [6.45, 7) is 4.14. The van der Waals surface area contributed by atoms with Crippen LogP contribution in [0.25, 0.3) is 11.1 Å². The van der Waals surface area contributed by atoms with E-state index < -0.39 is 11.9 Å². The molecule has 0 spiro atoms. The van der Waals surface area contributed by atoms with Crippen molar-refractivity contribution in [3.05, 3.63) is 60.1 Å². The first-order chi connectivity index (χ1) is 12.6. The molecule has 0 fully saturated rings. The highest BCUT2D eigenvalue weighted by Gasteiger charge is 2.24. The quantitative estimate of drug-likeness (QED) is 0.694. The number of hydrogen-bond donors (Lipinski definition) is 1. The van der Waals surface area contributed by atoms with Crippen molar-refractivity contribution in [1.82, 2.24) is 15.2 Å². The predicted molar refractivity (Wildman–Crippen MR) is 94.0 cm³/mol. The molecule has 134 valence electrons. The summed E-state index contributed by atoms with van der Waals surface area (Å²) in [5.74, 6) is -0.119. The smallest absolute Gasteiger partial charge is 0.304 e. The van der Waals surface area contributed by atoms with Crippen molar-refractivity contribution < 1.29 is 19.1 Å². The zero-order valence-corrected chi connectivity index (χ0v) is 14.5. The Hall–Kier alpha value is -3.22. The Bertz CT molecular complexity index is 907. The monoisotopic (exact) mass is 353 g/mol. The molecule has 0 aliphatic rings. The van der Waals surface area contributed by atoms with Gasteiger partial charge in [-0.1, -0.05) is 18.2 Å². The molecular weight excluding hydrogens is 334 g/mol. The highest BCUT2D eigenvalue weighted by Crippen LogP contribution is 2.33. The second-order valence-electron chi connectivity index (χ2n) is 5.75. The van der Waals surface area contributed by atoms with Crippen molar-refractivity contribution in [3.8, 4) is 16.9 Å². The number of aromatic nitrogens is 3. The molecule has 1 N–H and O–H groups in total. The lowest BCUT2D eigenvalue weighted by Crippen LogP contribution is -2.09. The fourth-order valence-corrected chi connectivity index (χ4v) is 2.76. The SMILES string of the molecule is CCOc1ccccc1-c1cncc(C(CC(=O)O)c2nnc(C)o2)c1. The summed E-state index contributed by atoms with van der Waals surface area (Å²) >= 11 is 0. The lowest BCUT2D eigenvalue weighted by atomic mass is 9.94. The number of benzene rings is 1. The standard InChI is InChI=1S/C19H19N3O4/c1-3-25-17-7-5-4-6-15(17)13-8-14(11-20-10-13)16(9-18(23)24)19-22-21-12(2)26-19/h4-8,10-11,16H,3,9H2,1-2H3,(H,23,24). The molecule has 0 radical (unpaired) electrons. The zero-order valence-electron chi connectivity index (χ0n) is 14.5. The molecule has 1 atom stereocenters. The summed E-state index contributed by atoms with van der Waals surface area (Å²) in [6.07, 6.45) is 3.18. The average Bonchev–Trinajstić information content (AvgIpc) is 3.06. The molecule has 2 aromatic heterocycles. The van der Waals surface area contributed by atoms with E-state index in [2.05, 4.69) is 15.2 Å². The van der Waals surface area contributed by atoms with Crippen LogP contribution in [-0.4, -0.2) is 32.9 Å². The minimum atomic E-state index is -0.953. The summed E-state index contributed by atoms with van der Waals surface area (Å²) in [4.78, 5) is 15.6. The molecule has 0 saturated heterocycles. The van der Waals surface area contributed by atoms with Crippen molar-refractivity contribution in [2.45, 2.75) is 26.2 Å². The maximum Gasteiger partial charge on any atom is 0.304 e. The van der Waals surface area contributed by atoms with Crippen molar-refractivity contribution in [1.29, 1.82) is 0 Å². The van der Waals surface area contributed by atoms with E-state index in [0.717, 1.165) is 16.9 Å². The van der Waals surface area contributed by atoms with Gasteiger partial charge in [0.25, 0.3) is 0 Å². The minimum Gasteiger partial charge on any atom is -0.493 e. The van der Waals surface area contributed by atoms with E-state index in [1.807, 2.05) is 37.3 Å². The third-order valence-electron chi connectivity index (χ3n) is 3.88. The van der Waals surface area contributed by atoms with Gasteiger partial charge in [-0.2, -0.15) is 0 Å². The molecule has 1 aromatic carbocycles. The Balaban J connectivity index is 2.03. The van der Waals surface area contributed by atoms with Gasteiger partial charge in [-0.25, -0.2) is 0 Å². The minimum absolute atomic E-state index is 0.167. The van der Waals surface area contributed by atoms with Crippen LogP contribution in [0, 0.1) is 6.92 Å². The van der Waals surface area contributed by atoms with E-state index in [1.165, 1.54) is 0 Å². The average molecular weight is 353 g/mol. The number of rotatable bonds is 7. The van der Waals surface area contributed by atoms with Gasteiger partial charge in [0, 0.05) is 30.4 Å². The summed E-state index contributed by atoms with van der Waals surface area (Å²) in [6, 6.07) is 9.54. The van der Waals surface area contributed by atoms with Crippen LogP contribution >= 0.6 is 0 Å². The molecule has 2 heterocycles. The van der Waals surface area contributed by atoms with Crippen LogP contribution < -0.4 is 4.74 Å². The van der Waals surface area contributed by atoms with Crippen LogP contribution in [0.3, 0.4) is 0 Å². The van der Waals surface area contributed by atoms with E-state index in [1.54, 1.807) is 19.3 Å². The number of carboxylic acid groups (broad SMARTS) is 1. The molecule has 0 saturated carbocycles. The second kappa shape index (κ2) is 7.77. The molecule has 3 rings (SSSR count). The van der Waals surface area contributed by atoms with Crippen LogP contribution in [0.4, 0.5) is 0 Å². The Kier molecular flexibility index (Phi) is 5.26. The number of aryl methyl sites for hydroxylation is 1. The van der Waals surface area contributed by atoms with Crippen LogP contribution in [-0.2, 0) is 4.79 Å². The molecule has 0 aliphatic heterocycles. The number of para-hydroxylation sites is 1. The summed E-state index contributed by atoms with van der Waals surface area (Å²) < 4.78 is 11.2. The molecule has 1 unspecified atom stereocenters. The van der Waals surface area contributed by atoms with E-state index in [0.29, 0.717) is 18.1 Å². The number of hydrogen-bond acceptors (Lipinski definition) is 6. The topological polar surface area (TPSA) is 98.3 Å². The van der Waals surface area contributed by atoms with Gasteiger partial charge in [-0.05, 0) is 24.6 Å². The van der Waals surface area contributed by atoms with Crippen molar-refractivity contribution in [3.63, 3.8) is 0 Å². The van der Waals surface area contributed by atoms with Crippen molar-refractivity contribution >= 4 is 5.97 Å². The summed E-state index contributed by atoms with van der Waals surface area (Å²) in [7, 11) is 0. The maximum atomic E-state index is 11.3. The van der Waals surface area contributed by atoms with E-state index in [4.69, 9.17) is 9.15 Å². The van der Waals surface area contributed by atoms with Gasteiger partial charge in [-0.15, -0.1) is 10.2 Å². The van der Waals surface area contributed by atoms with Crippen molar-refractivity contribution in [2.75, 3.05) is 6.61 Å². The Morgan fingerprint density at radius 1 is 1.27 bits per heavy atom. The normalized spacial score (nSPS) is 11.9.